The second-order valence-corrected chi connectivity index (χ2v) is 8.40. The van der Waals surface area contributed by atoms with E-state index in [1.807, 2.05) is 13.1 Å². The molecule has 4 heterocycles. The van der Waals surface area contributed by atoms with Crippen molar-refractivity contribution in [2.24, 2.45) is 5.41 Å². The minimum absolute atomic E-state index is 0.146. The van der Waals surface area contributed by atoms with E-state index < -0.39 is 0 Å². The molecule has 1 fully saturated rings. The summed E-state index contributed by atoms with van der Waals surface area (Å²) >= 11 is 0. The molecule has 30 heavy (non-hydrogen) atoms. The molecular formula is C21H22FN7O. The number of pyridine rings is 1. The molecule has 0 aliphatic heterocycles. The Hall–Kier alpha value is -3.49. The summed E-state index contributed by atoms with van der Waals surface area (Å²) in [6.07, 6.45) is 10.1. The fourth-order valence-electron chi connectivity index (χ4n) is 4.38. The third kappa shape index (κ3) is 2.89. The van der Waals surface area contributed by atoms with Gasteiger partial charge in [-0.25, -0.2) is 14.4 Å². The van der Waals surface area contributed by atoms with E-state index in [1.165, 1.54) is 6.07 Å². The largest absolute Gasteiger partial charge is 0.351 e. The number of nitrogens with one attached hydrogen (secondary N) is 2. The molecule has 8 nitrogen and oxygen atoms in total. The van der Waals surface area contributed by atoms with E-state index in [0.29, 0.717) is 22.8 Å². The minimum Gasteiger partial charge on any atom is -0.351 e. The number of imidazole rings is 1. The highest BCUT2D eigenvalue weighted by Crippen LogP contribution is 2.43. The van der Waals surface area contributed by atoms with E-state index in [2.05, 4.69) is 25.3 Å². The van der Waals surface area contributed by atoms with Gasteiger partial charge < -0.3 is 19.6 Å². The van der Waals surface area contributed by atoms with E-state index in [-0.39, 0.29) is 23.2 Å². The normalized spacial score (nSPS) is 21.0. The van der Waals surface area contributed by atoms with Crippen LogP contribution in [0.2, 0.25) is 0 Å². The zero-order chi connectivity index (χ0) is 21.0. The standard InChI is InChI=1S/C21H22FN7O/c1-21(19(30)28(2)3)7-13(8-21)26-20-25-10-15-14(9-24-17(15)27-20)12-6-16(22)18-23-4-5-29(18)11-12/h4-6,9-11,13H,7-8H2,1-3H3,(H2,24,25,26,27). The first-order chi connectivity index (χ1) is 14.3. The lowest BCUT2D eigenvalue weighted by Gasteiger charge is -2.45. The van der Waals surface area contributed by atoms with Crippen molar-refractivity contribution in [2.45, 2.75) is 25.8 Å². The Morgan fingerprint density at radius 1 is 1.37 bits per heavy atom. The Balaban J connectivity index is 1.37. The fourth-order valence-corrected chi connectivity index (χ4v) is 4.38. The fraction of sp³-hybridized carbons (Fsp3) is 0.333. The lowest BCUT2D eigenvalue weighted by Crippen LogP contribution is -2.52. The molecule has 0 saturated heterocycles. The van der Waals surface area contributed by atoms with Gasteiger partial charge in [0.1, 0.15) is 5.65 Å². The molecule has 1 aliphatic rings. The second-order valence-electron chi connectivity index (χ2n) is 8.40. The number of halogens is 1. The summed E-state index contributed by atoms with van der Waals surface area (Å²) in [6, 6.07) is 1.62. The molecule has 154 valence electrons. The predicted molar refractivity (Wildman–Crippen MR) is 111 cm³/mol. The number of carbonyl (C=O) groups is 1. The summed E-state index contributed by atoms with van der Waals surface area (Å²) in [7, 11) is 3.56. The Labute approximate surface area is 172 Å². The van der Waals surface area contributed by atoms with Gasteiger partial charge in [-0.3, -0.25) is 4.79 Å². The number of amides is 1. The summed E-state index contributed by atoms with van der Waals surface area (Å²) in [6.45, 7) is 1.99. The average molecular weight is 407 g/mol. The third-order valence-electron chi connectivity index (χ3n) is 5.84. The Morgan fingerprint density at radius 3 is 2.93 bits per heavy atom. The van der Waals surface area contributed by atoms with Gasteiger partial charge in [0.25, 0.3) is 0 Å². The number of carbonyl (C=O) groups excluding carboxylic acids is 1. The summed E-state index contributed by atoms with van der Waals surface area (Å²) in [5.41, 5.74) is 2.16. The van der Waals surface area contributed by atoms with Crippen LogP contribution in [0.1, 0.15) is 19.8 Å². The molecular weight excluding hydrogens is 385 g/mol. The van der Waals surface area contributed by atoms with E-state index in [0.717, 1.165) is 23.8 Å². The van der Waals surface area contributed by atoms with Crippen LogP contribution in [0.4, 0.5) is 10.3 Å². The number of fused-ring (bicyclic) bond motifs is 2. The first-order valence-corrected chi connectivity index (χ1v) is 9.79. The van der Waals surface area contributed by atoms with Crippen LogP contribution < -0.4 is 5.32 Å². The summed E-state index contributed by atoms with van der Waals surface area (Å²) in [5.74, 6) is 0.274. The number of anilines is 1. The van der Waals surface area contributed by atoms with Gasteiger partial charge in [-0.05, 0) is 18.9 Å². The van der Waals surface area contributed by atoms with Crippen LogP contribution in [-0.2, 0) is 4.79 Å². The molecule has 1 amide bonds. The van der Waals surface area contributed by atoms with Crippen molar-refractivity contribution >= 4 is 28.5 Å². The van der Waals surface area contributed by atoms with Crippen molar-refractivity contribution in [2.75, 3.05) is 19.4 Å². The molecule has 0 spiro atoms. The number of rotatable bonds is 4. The van der Waals surface area contributed by atoms with Crippen LogP contribution in [0.15, 0.2) is 37.1 Å². The SMILES string of the molecule is CN(C)C(=O)C1(C)CC(Nc2ncc3c(-c4cc(F)c5nccn5c4)c[nH]c3n2)C1. The highest BCUT2D eigenvalue weighted by atomic mass is 19.1. The first kappa shape index (κ1) is 18.5. The third-order valence-corrected chi connectivity index (χ3v) is 5.84. The highest BCUT2D eigenvalue weighted by molar-refractivity contribution is 5.93. The molecule has 0 atom stereocenters. The van der Waals surface area contributed by atoms with Crippen molar-refractivity contribution in [1.29, 1.82) is 0 Å². The monoisotopic (exact) mass is 407 g/mol. The first-order valence-electron chi connectivity index (χ1n) is 9.79. The van der Waals surface area contributed by atoms with Gasteiger partial charge in [-0.2, -0.15) is 4.98 Å². The smallest absolute Gasteiger partial charge is 0.228 e. The zero-order valence-electron chi connectivity index (χ0n) is 17.0. The zero-order valence-corrected chi connectivity index (χ0v) is 17.0. The van der Waals surface area contributed by atoms with Gasteiger partial charge in [-0.1, -0.05) is 6.92 Å². The predicted octanol–water partition coefficient (Wildman–Crippen LogP) is 3.08. The van der Waals surface area contributed by atoms with Crippen LogP contribution in [0, 0.1) is 11.2 Å². The van der Waals surface area contributed by atoms with Gasteiger partial charge in [0.05, 0.1) is 5.41 Å². The average Bonchev–Trinajstić information content (AvgIpc) is 3.32. The summed E-state index contributed by atoms with van der Waals surface area (Å²) < 4.78 is 16.0. The number of hydrogen-bond acceptors (Lipinski definition) is 5. The quantitative estimate of drug-likeness (QED) is 0.543. The van der Waals surface area contributed by atoms with Crippen LogP contribution >= 0.6 is 0 Å². The van der Waals surface area contributed by atoms with E-state index in [4.69, 9.17) is 0 Å². The van der Waals surface area contributed by atoms with Crippen molar-refractivity contribution in [3.8, 4) is 11.1 Å². The summed E-state index contributed by atoms with van der Waals surface area (Å²) in [5, 5.41) is 4.12. The Kier molecular flexibility index (Phi) is 4.02. The van der Waals surface area contributed by atoms with Crippen LogP contribution in [-0.4, -0.2) is 55.3 Å². The topological polar surface area (TPSA) is 91.2 Å². The molecule has 0 unspecified atom stereocenters. The molecule has 2 N–H and O–H groups in total. The number of aromatic nitrogens is 5. The van der Waals surface area contributed by atoms with Gasteiger partial charge in [-0.15, -0.1) is 0 Å². The number of nitrogens with zero attached hydrogens (tertiary/aromatic N) is 5. The maximum atomic E-state index is 14.3. The minimum atomic E-state index is -0.383. The number of hydrogen-bond donors (Lipinski definition) is 2. The molecule has 0 bridgehead atoms. The van der Waals surface area contributed by atoms with Crippen molar-refractivity contribution < 1.29 is 9.18 Å². The molecule has 1 saturated carbocycles. The highest BCUT2D eigenvalue weighted by Gasteiger charge is 2.47. The Bertz CT molecular complexity index is 1270. The van der Waals surface area contributed by atoms with E-state index >= 15 is 0 Å². The van der Waals surface area contributed by atoms with Gasteiger partial charge in [0.2, 0.25) is 11.9 Å². The lowest BCUT2D eigenvalue weighted by molar-refractivity contribution is -0.143. The molecule has 9 heteroatoms. The Morgan fingerprint density at radius 2 is 2.17 bits per heavy atom. The summed E-state index contributed by atoms with van der Waals surface area (Å²) in [4.78, 5) is 30.1. The van der Waals surface area contributed by atoms with Crippen LogP contribution in [0.25, 0.3) is 27.8 Å². The molecule has 4 aromatic rings. The number of aromatic amines is 1. The van der Waals surface area contributed by atoms with Crippen molar-refractivity contribution in [3.63, 3.8) is 0 Å². The molecule has 0 radical (unpaired) electrons. The van der Waals surface area contributed by atoms with Gasteiger partial charge in [0, 0.05) is 67.6 Å². The van der Waals surface area contributed by atoms with Crippen LogP contribution in [0.3, 0.4) is 0 Å². The van der Waals surface area contributed by atoms with E-state index in [1.54, 1.807) is 48.2 Å². The maximum Gasteiger partial charge on any atom is 0.228 e. The van der Waals surface area contributed by atoms with Crippen molar-refractivity contribution in [1.82, 2.24) is 29.2 Å². The molecule has 0 aromatic carbocycles. The maximum absolute atomic E-state index is 14.3. The number of H-pyrrole nitrogens is 1. The molecule has 4 aromatic heterocycles. The molecule has 1 aliphatic carbocycles. The van der Waals surface area contributed by atoms with Gasteiger partial charge >= 0.3 is 0 Å². The van der Waals surface area contributed by atoms with Gasteiger partial charge in [0.15, 0.2) is 11.5 Å². The van der Waals surface area contributed by atoms with Crippen molar-refractivity contribution in [3.05, 3.63) is 42.9 Å². The van der Waals surface area contributed by atoms with E-state index in [9.17, 15) is 9.18 Å². The lowest BCUT2D eigenvalue weighted by atomic mass is 9.66. The molecule has 5 rings (SSSR count). The second kappa shape index (κ2) is 6.51. The van der Waals surface area contributed by atoms with Crippen LogP contribution in [0.5, 0.6) is 0 Å².